The molecule has 4 heteroatoms. The lowest BCUT2D eigenvalue weighted by Gasteiger charge is -2.07. The van der Waals surface area contributed by atoms with Crippen LogP contribution in [0.5, 0.6) is 0 Å². The minimum Gasteiger partial charge on any atom is -0.364 e. The Labute approximate surface area is 75.5 Å². The normalized spacial score (nSPS) is 10.3. The summed E-state index contributed by atoms with van der Waals surface area (Å²) < 4.78 is -0.00528. The summed E-state index contributed by atoms with van der Waals surface area (Å²) in [6.07, 6.45) is 0. The van der Waals surface area contributed by atoms with Crippen LogP contribution < -0.4 is 10.1 Å². The largest absolute Gasteiger partial charge is 0.364 e. The van der Waals surface area contributed by atoms with Crippen LogP contribution in [0.1, 0.15) is 19.5 Å². The van der Waals surface area contributed by atoms with E-state index in [2.05, 4.69) is 10.3 Å². The zero-order valence-electron chi connectivity index (χ0n) is 7.42. The van der Waals surface area contributed by atoms with Gasteiger partial charge in [0.25, 0.3) is 4.74 Å². The minimum absolute atomic E-state index is 0.00528. The Morgan fingerprint density at radius 2 is 2.25 bits per heavy atom. The van der Waals surface area contributed by atoms with Crippen molar-refractivity contribution in [1.82, 2.24) is 4.98 Å². The Kier molecular flexibility index (Phi) is 2.81. The summed E-state index contributed by atoms with van der Waals surface area (Å²) >= 11 is 1.18. The molecular weight excluding hydrogens is 172 g/mol. The summed E-state index contributed by atoms with van der Waals surface area (Å²) in [6.45, 7) is 5.84. The van der Waals surface area contributed by atoms with Crippen LogP contribution in [0.3, 0.4) is 0 Å². The number of nitrogens with one attached hydrogen (secondary N) is 1. The van der Waals surface area contributed by atoms with E-state index in [9.17, 15) is 4.79 Å². The summed E-state index contributed by atoms with van der Waals surface area (Å²) in [5.41, 5.74) is 0.878. The third-order valence-corrected chi connectivity index (χ3v) is 2.11. The fourth-order valence-corrected chi connectivity index (χ4v) is 1.35. The van der Waals surface area contributed by atoms with Gasteiger partial charge in [0.15, 0.2) is 5.82 Å². The standard InChI is InChI=1S/C8H12N2OS/c1-5(2)9-7-8(11)12-4-6(3)10-7/h4-5H,1-3H3,(H,9,10). The molecule has 0 aliphatic heterocycles. The molecule has 0 amide bonds. The predicted molar refractivity (Wildman–Crippen MR) is 51.9 cm³/mol. The first kappa shape index (κ1) is 9.19. The molecule has 1 rings (SSSR count). The van der Waals surface area contributed by atoms with E-state index in [1.165, 1.54) is 11.3 Å². The van der Waals surface area contributed by atoms with Gasteiger partial charge in [0, 0.05) is 17.1 Å². The molecule has 0 spiro atoms. The molecule has 0 aliphatic rings. The minimum atomic E-state index is -0.00528. The highest BCUT2D eigenvalue weighted by Gasteiger charge is 2.02. The molecule has 1 N–H and O–H groups in total. The first-order valence-corrected chi connectivity index (χ1v) is 4.70. The summed E-state index contributed by atoms with van der Waals surface area (Å²) in [5.74, 6) is 0.468. The molecule has 12 heavy (non-hydrogen) atoms. The second kappa shape index (κ2) is 3.67. The number of aryl methyl sites for hydroxylation is 1. The molecule has 0 saturated heterocycles. The molecule has 0 aliphatic carbocycles. The van der Waals surface area contributed by atoms with Crippen LogP contribution in [-0.2, 0) is 0 Å². The van der Waals surface area contributed by atoms with Crippen LogP contribution in [0.4, 0.5) is 5.82 Å². The molecular formula is C8H12N2OS. The average Bonchev–Trinajstić information content (AvgIpc) is 1.96. The molecule has 0 radical (unpaired) electrons. The van der Waals surface area contributed by atoms with Crippen LogP contribution in [0.25, 0.3) is 0 Å². The average molecular weight is 184 g/mol. The molecule has 0 fully saturated rings. The van der Waals surface area contributed by atoms with E-state index >= 15 is 0 Å². The summed E-state index contributed by atoms with van der Waals surface area (Å²) in [5, 5.41) is 4.76. The van der Waals surface area contributed by atoms with Gasteiger partial charge in [-0.1, -0.05) is 11.3 Å². The van der Waals surface area contributed by atoms with Gasteiger partial charge in [-0.2, -0.15) is 0 Å². The fourth-order valence-electron chi connectivity index (χ4n) is 0.808. The maximum atomic E-state index is 11.2. The second-order valence-electron chi connectivity index (χ2n) is 2.92. The Morgan fingerprint density at radius 1 is 1.58 bits per heavy atom. The van der Waals surface area contributed by atoms with Crippen molar-refractivity contribution in [3.05, 3.63) is 20.6 Å². The van der Waals surface area contributed by atoms with Crippen LogP contribution in [0, 0.1) is 6.92 Å². The van der Waals surface area contributed by atoms with Crippen molar-refractivity contribution in [3.63, 3.8) is 0 Å². The highest BCUT2D eigenvalue weighted by Crippen LogP contribution is 2.02. The first-order valence-electron chi connectivity index (χ1n) is 3.82. The van der Waals surface area contributed by atoms with Gasteiger partial charge in [0.1, 0.15) is 0 Å². The number of hydrogen-bond donors (Lipinski definition) is 1. The van der Waals surface area contributed by atoms with E-state index in [1.54, 1.807) is 5.38 Å². The number of aromatic nitrogens is 1. The molecule has 0 atom stereocenters. The van der Waals surface area contributed by atoms with Crippen LogP contribution in [0.15, 0.2) is 10.2 Å². The predicted octanol–water partition coefficient (Wildman–Crippen LogP) is 1.63. The highest BCUT2D eigenvalue weighted by atomic mass is 32.1. The number of rotatable bonds is 2. The van der Waals surface area contributed by atoms with E-state index in [0.717, 1.165) is 5.69 Å². The van der Waals surface area contributed by atoms with Crippen molar-refractivity contribution in [2.75, 3.05) is 5.32 Å². The summed E-state index contributed by atoms with van der Waals surface area (Å²) in [6, 6.07) is 0.249. The SMILES string of the molecule is Cc1csc(=O)c(NC(C)C)n1. The third-order valence-electron chi connectivity index (χ3n) is 1.24. The van der Waals surface area contributed by atoms with Gasteiger partial charge in [-0.15, -0.1) is 0 Å². The molecule has 0 unspecified atom stereocenters. The molecule has 1 heterocycles. The molecule has 3 nitrogen and oxygen atoms in total. The molecule has 66 valence electrons. The Bertz CT molecular complexity index is 319. The fraction of sp³-hybridized carbons (Fsp3) is 0.500. The van der Waals surface area contributed by atoms with E-state index in [0.29, 0.717) is 5.82 Å². The highest BCUT2D eigenvalue weighted by molar-refractivity contribution is 7.07. The van der Waals surface area contributed by atoms with Crippen LogP contribution in [-0.4, -0.2) is 11.0 Å². The smallest absolute Gasteiger partial charge is 0.274 e. The summed E-state index contributed by atoms with van der Waals surface area (Å²) in [4.78, 5) is 15.3. The lowest BCUT2D eigenvalue weighted by Crippen LogP contribution is -2.17. The topological polar surface area (TPSA) is 42.0 Å². The van der Waals surface area contributed by atoms with Gasteiger partial charge in [-0.3, -0.25) is 4.79 Å². The quantitative estimate of drug-likeness (QED) is 0.759. The first-order chi connectivity index (χ1) is 5.59. The van der Waals surface area contributed by atoms with Crippen LogP contribution >= 0.6 is 11.3 Å². The summed E-state index contributed by atoms with van der Waals surface area (Å²) in [7, 11) is 0. The van der Waals surface area contributed by atoms with Crippen molar-refractivity contribution >= 4 is 17.2 Å². The molecule has 0 aromatic carbocycles. The van der Waals surface area contributed by atoms with Gasteiger partial charge >= 0.3 is 0 Å². The molecule has 1 aromatic heterocycles. The Balaban J connectivity index is 2.98. The lowest BCUT2D eigenvalue weighted by molar-refractivity contribution is 0.886. The van der Waals surface area contributed by atoms with Crippen molar-refractivity contribution in [2.24, 2.45) is 0 Å². The third kappa shape index (κ3) is 2.30. The number of anilines is 1. The van der Waals surface area contributed by atoms with Gasteiger partial charge < -0.3 is 5.32 Å². The van der Waals surface area contributed by atoms with Gasteiger partial charge in [0.2, 0.25) is 0 Å². The maximum Gasteiger partial charge on any atom is 0.274 e. The van der Waals surface area contributed by atoms with E-state index in [1.807, 2.05) is 20.8 Å². The van der Waals surface area contributed by atoms with Crippen molar-refractivity contribution < 1.29 is 0 Å². The number of hydrogen-bond acceptors (Lipinski definition) is 4. The monoisotopic (exact) mass is 184 g/mol. The second-order valence-corrected chi connectivity index (χ2v) is 3.77. The Morgan fingerprint density at radius 3 is 2.83 bits per heavy atom. The van der Waals surface area contributed by atoms with Gasteiger partial charge in [0.05, 0.1) is 0 Å². The zero-order valence-corrected chi connectivity index (χ0v) is 8.23. The molecule has 0 bridgehead atoms. The van der Waals surface area contributed by atoms with Crippen LogP contribution in [0.2, 0.25) is 0 Å². The van der Waals surface area contributed by atoms with Crippen molar-refractivity contribution in [1.29, 1.82) is 0 Å². The van der Waals surface area contributed by atoms with E-state index < -0.39 is 0 Å². The van der Waals surface area contributed by atoms with E-state index in [-0.39, 0.29) is 10.8 Å². The number of nitrogens with zero attached hydrogens (tertiary/aromatic N) is 1. The Hall–Kier alpha value is -0.900. The van der Waals surface area contributed by atoms with E-state index in [4.69, 9.17) is 0 Å². The van der Waals surface area contributed by atoms with Gasteiger partial charge in [-0.05, 0) is 20.8 Å². The zero-order chi connectivity index (χ0) is 9.14. The molecule has 1 aromatic rings. The molecule has 0 saturated carbocycles. The van der Waals surface area contributed by atoms with Crippen molar-refractivity contribution in [2.45, 2.75) is 26.8 Å². The van der Waals surface area contributed by atoms with Gasteiger partial charge in [-0.25, -0.2) is 4.98 Å². The lowest BCUT2D eigenvalue weighted by atomic mass is 10.4. The maximum absolute atomic E-state index is 11.2. The van der Waals surface area contributed by atoms with Crippen molar-refractivity contribution in [3.8, 4) is 0 Å².